The number of amides is 2. The summed E-state index contributed by atoms with van der Waals surface area (Å²) in [5.74, 6) is -1.17. The van der Waals surface area contributed by atoms with Crippen molar-refractivity contribution in [1.82, 2.24) is 15.6 Å². The lowest BCUT2D eigenvalue weighted by molar-refractivity contribution is -0.117. The van der Waals surface area contributed by atoms with Gasteiger partial charge in [-0.15, -0.1) is 0 Å². The van der Waals surface area contributed by atoms with Crippen molar-refractivity contribution in [2.45, 2.75) is 54.4 Å². The maximum Gasteiger partial charge on any atom is 0.337 e. The third-order valence-electron chi connectivity index (χ3n) is 10.0. The van der Waals surface area contributed by atoms with Gasteiger partial charge in [0.2, 0.25) is 0 Å². The molecule has 6 rings (SSSR count). The highest BCUT2D eigenvalue weighted by Crippen LogP contribution is 2.40. The van der Waals surface area contributed by atoms with Crippen molar-refractivity contribution in [3.63, 3.8) is 0 Å². The zero-order valence-corrected chi connectivity index (χ0v) is 31.2. The summed E-state index contributed by atoms with van der Waals surface area (Å²) in [6, 6.07) is 14.4. The van der Waals surface area contributed by atoms with Crippen LogP contribution in [0.25, 0.3) is 28.9 Å². The standard InChI is InChI=1S/C43H42N4O6/c1-9-30-22(3)40(48)46-34(30)19-32-24(5)38(26-13-11-15-28(17-26)42(50)52-7)36(44-32)21-37-39(27-14-12-16-29(18-27)43(51)53-8)25(6)33(45-37)20-35-31(10-2)23(4)41(49)47-35/h11-21,44H,9-10H2,1-8H3,(H,46,48)(H,47,49)/b34-19-,35-20-,37-21-. The molecule has 3 aliphatic heterocycles. The van der Waals surface area contributed by atoms with Crippen molar-refractivity contribution in [1.29, 1.82) is 0 Å². The van der Waals surface area contributed by atoms with E-state index in [2.05, 4.69) is 15.6 Å². The Morgan fingerprint density at radius 3 is 1.77 bits per heavy atom. The van der Waals surface area contributed by atoms with Gasteiger partial charge in [-0.1, -0.05) is 38.1 Å². The summed E-state index contributed by atoms with van der Waals surface area (Å²) in [6.45, 7) is 11.6. The first-order valence-corrected chi connectivity index (χ1v) is 17.5. The van der Waals surface area contributed by atoms with E-state index in [1.54, 1.807) is 30.3 Å². The molecule has 0 spiro atoms. The predicted molar refractivity (Wildman–Crippen MR) is 206 cm³/mol. The Kier molecular flexibility index (Phi) is 10.2. The van der Waals surface area contributed by atoms with Crippen LogP contribution in [0.4, 0.5) is 0 Å². The van der Waals surface area contributed by atoms with Gasteiger partial charge in [0.15, 0.2) is 0 Å². The van der Waals surface area contributed by atoms with Crippen LogP contribution in [0.2, 0.25) is 0 Å². The molecule has 10 heteroatoms. The van der Waals surface area contributed by atoms with Gasteiger partial charge in [0.25, 0.3) is 11.8 Å². The number of benzene rings is 2. The molecule has 1 aromatic heterocycles. The van der Waals surface area contributed by atoms with Crippen molar-refractivity contribution in [2.75, 3.05) is 14.2 Å². The van der Waals surface area contributed by atoms with Gasteiger partial charge in [-0.25, -0.2) is 14.6 Å². The minimum absolute atomic E-state index is 0.123. The maximum atomic E-state index is 12.6. The fourth-order valence-corrected chi connectivity index (χ4v) is 7.14. The molecule has 53 heavy (non-hydrogen) atoms. The zero-order chi connectivity index (χ0) is 38.1. The molecule has 270 valence electrons. The monoisotopic (exact) mass is 710 g/mol. The largest absolute Gasteiger partial charge is 0.465 e. The van der Waals surface area contributed by atoms with E-state index in [0.29, 0.717) is 57.9 Å². The number of ether oxygens (including phenoxy) is 2. The molecule has 3 aromatic rings. The first-order chi connectivity index (χ1) is 25.4. The van der Waals surface area contributed by atoms with E-state index in [1.807, 2.05) is 78.0 Å². The van der Waals surface area contributed by atoms with E-state index < -0.39 is 11.9 Å². The number of nitrogens with one attached hydrogen (secondary N) is 3. The third-order valence-corrected chi connectivity index (χ3v) is 10.0. The average molecular weight is 711 g/mol. The fourth-order valence-electron chi connectivity index (χ4n) is 7.14. The highest BCUT2D eigenvalue weighted by Gasteiger charge is 2.28. The van der Waals surface area contributed by atoms with E-state index in [9.17, 15) is 19.2 Å². The number of hydrogen-bond donors (Lipinski definition) is 3. The van der Waals surface area contributed by atoms with Gasteiger partial charge in [-0.3, -0.25) is 9.59 Å². The average Bonchev–Trinajstić information content (AvgIpc) is 3.82. The SMILES string of the molecule is CCC1=C(C)C(=O)N/C1=C\C1=NC(=C\c2[nH]c(/C=C3\NC(=O)C(C)=C3CC)c(C)c2-c2cccc(C(=O)OC)c2)/C(c2cccc(C(=O)OC)c2)=C1C. The Balaban J connectivity index is 1.60. The van der Waals surface area contributed by atoms with Crippen molar-refractivity contribution in [3.05, 3.63) is 133 Å². The molecule has 2 aromatic carbocycles. The molecule has 0 aliphatic carbocycles. The van der Waals surface area contributed by atoms with Crippen LogP contribution >= 0.6 is 0 Å². The van der Waals surface area contributed by atoms with Crippen LogP contribution in [0, 0.1) is 6.92 Å². The van der Waals surface area contributed by atoms with Crippen LogP contribution in [0.1, 0.15) is 90.7 Å². The van der Waals surface area contributed by atoms with Crippen LogP contribution in [0.5, 0.6) is 0 Å². The summed E-state index contributed by atoms with van der Waals surface area (Å²) in [6.07, 6.45) is 7.15. The molecule has 0 unspecified atom stereocenters. The summed E-state index contributed by atoms with van der Waals surface area (Å²) >= 11 is 0. The van der Waals surface area contributed by atoms with Crippen LogP contribution in [-0.2, 0) is 19.1 Å². The number of esters is 2. The molecule has 3 aliphatic rings. The summed E-state index contributed by atoms with van der Waals surface area (Å²) in [7, 11) is 2.70. The maximum absolute atomic E-state index is 12.6. The molecular formula is C43H42N4O6. The molecule has 0 saturated carbocycles. The summed E-state index contributed by atoms with van der Waals surface area (Å²) < 4.78 is 10.1. The molecule has 3 N–H and O–H groups in total. The Labute approximate surface area is 308 Å². The second kappa shape index (κ2) is 14.7. The molecule has 0 bridgehead atoms. The summed E-state index contributed by atoms with van der Waals surface area (Å²) in [5, 5.41) is 6.00. The second-order valence-electron chi connectivity index (χ2n) is 13.1. The third kappa shape index (κ3) is 6.75. The lowest BCUT2D eigenvalue weighted by Crippen LogP contribution is -2.16. The Morgan fingerprint density at radius 2 is 1.23 bits per heavy atom. The van der Waals surface area contributed by atoms with Crippen molar-refractivity contribution in [2.24, 2.45) is 4.99 Å². The van der Waals surface area contributed by atoms with Crippen molar-refractivity contribution < 1.29 is 28.7 Å². The lowest BCUT2D eigenvalue weighted by atomic mass is 9.94. The number of hydrogen-bond acceptors (Lipinski definition) is 7. The van der Waals surface area contributed by atoms with E-state index in [1.165, 1.54) is 14.2 Å². The molecule has 2 amide bonds. The number of H-pyrrole nitrogens is 1. The first kappa shape index (κ1) is 36.5. The van der Waals surface area contributed by atoms with E-state index in [4.69, 9.17) is 14.5 Å². The zero-order valence-electron chi connectivity index (χ0n) is 31.2. The van der Waals surface area contributed by atoms with Crippen LogP contribution in [0.15, 0.2) is 105 Å². The highest BCUT2D eigenvalue weighted by molar-refractivity contribution is 6.21. The number of methoxy groups -OCH3 is 2. The number of aliphatic imine (C=N–C) groups is 1. The Hall–Kier alpha value is -6.29. The molecule has 0 saturated heterocycles. The number of nitrogens with zero attached hydrogens (tertiary/aromatic N) is 1. The molecule has 4 heterocycles. The minimum atomic E-state index is -0.459. The second-order valence-corrected chi connectivity index (χ2v) is 13.1. The van der Waals surface area contributed by atoms with Gasteiger partial charge in [-0.05, 0) is 116 Å². The number of aromatic amines is 1. The van der Waals surface area contributed by atoms with Crippen LogP contribution < -0.4 is 10.6 Å². The highest BCUT2D eigenvalue weighted by atomic mass is 16.5. The smallest absolute Gasteiger partial charge is 0.337 e. The van der Waals surface area contributed by atoms with Crippen molar-refractivity contribution >= 4 is 47.2 Å². The predicted octanol–water partition coefficient (Wildman–Crippen LogP) is 7.77. The molecule has 0 fully saturated rings. The Morgan fingerprint density at radius 1 is 0.698 bits per heavy atom. The number of aromatic nitrogens is 1. The number of carbonyl (C=O) groups is 4. The van der Waals surface area contributed by atoms with Gasteiger partial charge < -0.3 is 25.1 Å². The quantitative estimate of drug-likeness (QED) is 0.194. The first-order valence-electron chi connectivity index (χ1n) is 17.5. The van der Waals surface area contributed by atoms with Crippen molar-refractivity contribution in [3.8, 4) is 11.1 Å². The van der Waals surface area contributed by atoms with E-state index in [-0.39, 0.29) is 11.8 Å². The topological polar surface area (TPSA) is 139 Å². The molecule has 0 atom stereocenters. The van der Waals surface area contributed by atoms with E-state index >= 15 is 0 Å². The number of rotatable bonds is 9. The Bertz CT molecular complexity index is 2340. The fraction of sp³-hybridized carbons (Fsp3) is 0.233. The number of allylic oxidation sites excluding steroid dienone is 5. The van der Waals surface area contributed by atoms with Gasteiger partial charge in [-0.2, -0.15) is 0 Å². The van der Waals surface area contributed by atoms with Gasteiger partial charge in [0.1, 0.15) is 0 Å². The van der Waals surface area contributed by atoms with Gasteiger partial charge in [0.05, 0.1) is 36.8 Å². The van der Waals surface area contributed by atoms with E-state index in [0.717, 1.165) is 55.9 Å². The van der Waals surface area contributed by atoms with Gasteiger partial charge in [0, 0.05) is 45.1 Å². The summed E-state index contributed by atoms with van der Waals surface area (Å²) in [4.78, 5) is 59.3. The minimum Gasteiger partial charge on any atom is -0.465 e. The molecular weight excluding hydrogens is 668 g/mol. The molecule has 10 nitrogen and oxygen atoms in total. The van der Waals surface area contributed by atoms with Crippen LogP contribution in [-0.4, -0.2) is 48.7 Å². The normalized spacial score (nSPS) is 18.1. The summed E-state index contributed by atoms with van der Waals surface area (Å²) in [5.41, 5.74) is 13.1. The molecule has 0 radical (unpaired) electrons. The lowest BCUT2D eigenvalue weighted by Gasteiger charge is -2.10. The van der Waals surface area contributed by atoms with Crippen LogP contribution in [0.3, 0.4) is 0 Å². The van der Waals surface area contributed by atoms with Gasteiger partial charge >= 0.3 is 11.9 Å². The number of carbonyl (C=O) groups excluding carboxylic acids is 4.